The predicted octanol–water partition coefficient (Wildman–Crippen LogP) is 2.38. The van der Waals surface area contributed by atoms with E-state index in [-0.39, 0.29) is 24.2 Å². The van der Waals surface area contributed by atoms with Crippen LogP contribution < -0.4 is 4.74 Å². The number of hydrogen-bond acceptors (Lipinski definition) is 7. The summed E-state index contributed by atoms with van der Waals surface area (Å²) in [5, 5.41) is 30.3. The Morgan fingerprint density at radius 3 is 2.61 bits per heavy atom. The van der Waals surface area contributed by atoms with Crippen LogP contribution >= 0.6 is 0 Å². The molecule has 1 aromatic rings. The molecule has 0 aliphatic carbocycles. The van der Waals surface area contributed by atoms with E-state index >= 15 is 0 Å². The highest BCUT2D eigenvalue weighted by atomic mass is 16.5. The fourth-order valence-electron chi connectivity index (χ4n) is 3.04. The molecule has 0 saturated heterocycles. The Morgan fingerprint density at radius 1 is 1.21 bits per heavy atom. The van der Waals surface area contributed by atoms with E-state index < -0.39 is 30.1 Å². The second kappa shape index (κ2) is 9.52. The summed E-state index contributed by atoms with van der Waals surface area (Å²) in [5.74, 6) is -1.17. The van der Waals surface area contributed by atoms with Crippen LogP contribution in [0.4, 0.5) is 0 Å². The first-order valence-corrected chi connectivity index (χ1v) is 9.08. The highest BCUT2D eigenvalue weighted by Crippen LogP contribution is 2.30. The number of aliphatic hydroxyl groups excluding tert-OH is 2. The fraction of sp³-hybridized carbons (Fsp3) is 0.429. The van der Waals surface area contributed by atoms with Gasteiger partial charge in [-0.1, -0.05) is 17.7 Å². The molecule has 152 valence electrons. The molecule has 7 heteroatoms. The minimum Gasteiger partial charge on any atom is -0.507 e. The van der Waals surface area contributed by atoms with Gasteiger partial charge in [0.25, 0.3) is 0 Å². The number of methoxy groups -OCH3 is 1. The Hall–Kier alpha value is -2.64. The van der Waals surface area contributed by atoms with E-state index in [1.54, 1.807) is 32.1 Å². The van der Waals surface area contributed by atoms with E-state index in [1.165, 1.54) is 19.3 Å². The van der Waals surface area contributed by atoms with E-state index in [9.17, 15) is 24.9 Å². The molecule has 0 fully saturated rings. The van der Waals surface area contributed by atoms with Crippen LogP contribution in [0.2, 0.25) is 0 Å². The maximum Gasteiger partial charge on any atom is 0.342 e. The van der Waals surface area contributed by atoms with Crippen LogP contribution in [-0.4, -0.2) is 52.5 Å². The van der Waals surface area contributed by atoms with Crippen molar-refractivity contribution >= 4 is 17.8 Å². The Labute approximate surface area is 163 Å². The lowest BCUT2D eigenvalue weighted by atomic mass is 10.0. The first kappa shape index (κ1) is 21.7. The van der Waals surface area contributed by atoms with E-state index in [0.29, 0.717) is 23.3 Å². The number of phenols is 1. The summed E-state index contributed by atoms with van der Waals surface area (Å²) in [4.78, 5) is 24.7. The maximum absolute atomic E-state index is 12.6. The molecule has 2 rings (SSSR count). The molecule has 1 aromatic carbocycles. The van der Waals surface area contributed by atoms with Crippen LogP contribution in [0.25, 0.3) is 6.08 Å². The topological polar surface area (TPSA) is 113 Å². The Balaban J connectivity index is 2.43. The molecule has 3 N–H and O–H groups in total. The number of phenolic OH excluding ortho intramolecular Hbond substituents is 1. The van der Waals surface area contributed by atoms with Crippen molar-refractivity contribution in [2.24, 2.45) is 0 Å². The summed E-state index contributed by atoms with van der Waals surface area (Å²) in [5.41, 5.74) is 1.02. The molecule has 0 spiro atoms. The lowest BCUT2D eigenvalue weighted by Gasteiger charge is -2.16. The lowest BCUT2D eigenvalue weighted by molar-refractivity contribution is -0.128. The molecule has 28 heavy (non-hydrogen) atoms. The first-order valence-electron chi connectivity index (χ1n) is 9.08. The van der Waals surface area contributed by atoms with Gasteiger partial charge >= 0.3 is 5.97 Å². The van der Waals surface area contributed by atoms with Gasteiger partial charge in [0.15, 0.2) is 5.78 Å². The van der Waals surface area contributed by atoms with Gasteiger partial charge < -0.3 is 24.8 Å². The Bertz CT molecular complexity index is 794. The highest BCUT2D eigenvalue weighted by Gasteiger charge is 2.24. The smallest absolute Gasteiger partial charge is 0.342 e. The SMILES string of the molecule is COc1cc(O)c2c(c1)/C=C/CC[C@H](O)[C@H](O)C(=O)/C=C(/C)CC(C)OC2=O. The van der Waals surface area contributed by atoms with Gasteiger partial charge in [-0.05, 0) is 44.4 Å². The number of aromatic hydroxyl groups is 1. The number of ketones is 1. The standard InChI is InChI=1S/C21H26O7/c1-12-8-13(2)28-21(26)19-14(10-15(27-3)11-17(19)23)6-4-5-7-16(22)20(25)18(24)9-12/h4,6,9-11,13,16,20,22-23,25H,5,7-8H2,1-3H3/b6-4+,12-9-/t13?,16-,20-/m0/s1. The third-order valence-corrected chi connectivity index (χ3v) is 4.45. The summed E-state index contributed by atoms with van der Waals surface area (Å²) in [6, 6.07) is 2.92. The number of aliphatic hydroxyl groups is 2. The van der Waals surface area contributed by atoms with E-state index in [0.717, 1.165) is 0 Å². The number of carbonyl (C=O) groups is 2. The van der Waals surface area contributed by atoms with Crippen molar-refractivity contribution in [1.29, 1.82) is 0 Å². The van der Waals surface area contributed by atoms with E-state index in [1.807, 2.05) is 0 Å². The molecule has 1 aliphatic rings. The molecule has 0 saturated carbocycles. The molecule has 0 aromatic heterocycles. The van der Waals surface area contributed by atoms with Gasteiger partial charge in [-0.2, -0.15) is 0 Å². The van der Waals surface area contributed by atoms with Crippen molar-refractivity contribution in [3.8, 4) is 11.5 Å². The number of ether oxygens (including phenoxy) is 2. The van der Waals surface area contributed by atoms with Crippen LogP contribution in [0.5, 0.6) is 11.5 Å². The number of carbonyl (C=O) groups excluding carboxylic acids is 2. The number of benzene rings is 1. The number of fused-ring (bicyclic) bond motifs is 1. The van der Waals surface area contributed by atoms with Crippen molar-refractivity contribution < 1.29 is 34.4 Å². The van der Waals surface area contributed by atoms with Gasteiger partial charge in [0, 0.05) is 12.5 Å². The lowest BCUT2D eigenvalue weighted by Crippen LogP contribution is -2.33. The third kappa shape index (κ3) is 5.43. The number of esters is 1. The quantitative estimate of drug-likeness (QED) is 0.631. The van der Waals surface area contributed by atoms with Crippen molar-refractivity contribution in [1.82, 2.24) is 0 Å². The van der Waals surface area contributed by atoms with Gasteiger partial charge in [0.05, 0.1) is 13.2 Å². The molecule has 0 bridgehead atoms. The first-order chi connectivity index (χ1) is 13.2. The average molecular weight is 390 g/mol. The van der Waals surface area contributed by atoms with Crippen molar-refractivity contribution in [2.75, 3.05) is 7.11 Å². The summed E-state index contributed by atoms with van der Waals surface area (Å²) >= 11 is 0. The molecule has 7 nitrogen and oxygen atoms in total. The van der Waals surface area contributed by atoms with Gasteiger partial charge in [0.1, 0.15) is 29.3 Å². The van der Waals surface area contributed by atoms with Crippen molar-refractivity contribution in [3.63, 3.8) is 0 Å². The average Bonchev–Trinajstić information content (AvgIpc) is 2.62. The third-order valence-electron chi connectivity index (χ3n) is 4.45. The summed E-state index contributed by atoms with van der Waals surface area (Å²) in [7, 11) is 1.45. The zero-order chi connectivity index (χ0) is 20.8. The molecular weight excluding hydrogens is 364 g/mol. The summed E-state index contributed by atoms with van der Waals surface area (Å²) in [6.45, 7) is 3.34. The molecule has 1 heterocycles. The zero-order valence-corrected chi connectivity index (χ0v) is 16.2. The van der Waals surface area contributed by atoms with Crippen molar-refractivity contribution in [3.05, 3.63) is 41.0 Å². The van der Waals surface area contributed by atoms with Gasteiger partial charge in [-0.15, -0.1) is 0 Å². The van der Waals surface area contributed by atoms with Gasteiger partial charge in [-0.25, -0.2) is 4.79 Å². The molecule has 3 atom stereocenters. The summed E-state index contributed by atoms with van der Waals surface area (Å²) < 4.78 is 10.6. The van der Waals surface area contributed by atoms with E-state index in [2.05, 4.69) is 0 Å². The normalized spacial score (nSPS) is 27.5. The molecule has 1 unspecified atom stereocenters. The Kier molecular flexibility index (Phi) is 7.37. The van der Waals surface area contributed by atoms with Gasteiger partial charge in [0.2, 0.25) is 0 Å². The molecule has 0 radical (unpaired) electrons. The molecular formula is C21H26O7. The summed E-state index contributed by atoms with van der Waals surface area (Å²) in [6.07, 6.45) is 2.01. The predicted molar refractivity (Wildman–Crippen MR) is 103 cm³/mol. The monoisotopic (exact) mass is 390 g/mol. The minimum absolute atomic E-state index is 0.0112. The van der Waals surface area contributed by atoms with E-state index in [4.69, 9.17) is 9.47 Å². The largest absolute Gasteiger partial charge is 0.507 e. The second-order valence-corrected chi connectivity index (χ2v) is 6.92. The van der Waals surface area contributed by atoms with Crippen LogP contribution in [-0.2, 0) is 9.53 Å². The highest BCUT2D eigenvalue weighted by molar-refractivity contribution is 5.97. The van der Waals surface area contributed by atoms with Crippen LogP contribution in [0.3, 0.4) is 0 Å². The fourth-order valence-corrected chi connectivity index (χ4v) is 3.04. The van der Waals surface area contributed by atoms with Gasteiger partial charge in [-0.3, -0.25) is 4.79 Å². The zero-order valence-electron chi connectivity index (χ0n) is 16.2. The molecule has 0 amide bonds. The number of cyclic esters (lactones) is 1. The van der Waals surface area contributed by atoms with Crippen LogP contribution in [0.15, 0.2) is 29.9 Å². The molecule has 1 aliphatic heterocycles. The van der Waals surface area contributed by atoms with Crippen molar-refractivity contribution in [2.45, 2.75) is 51.4 Å². The second-order valence-electron chi connectivity index (χ2n) is 6.92. The number of rotatable bonds is 1. The Morgan fingerprint density at radius 2 is 1.93 bits per heavy atom. The number of hydrogen-bond donors (Lipinski definition) is 3. The minimum atomic E-state index is -1.51. The van der Waals surface area contributed by atoms with Crippen LogP contribution in [0.1, 0.15) is 49.0 Å². The van der Waals surface area contributed by atoms with Crippen LogP contribution in [0, 0.1) is 0 Å². The number of allylic oxidation sites excluding steroid dienone is 1. The maximum atomic E-state index is 12.6.